The van der Waals surface area contributed by atoms with E-state index >= 15 is 0 Å². The van der Waals surface area contributed by atoms with Crippen molar-refractivity contribution in [3.63, 3.8) is 0 Å². The second kappa shape index (κ2) is 4.14. The van der Waals surface area contributed by atoms with Crippen molar-refractivity contribution in [3.05, 3.63) is 11.8 Å². The van der Waals surface area contributed by atoms with Gasteiger partial charge >= 0.3 is 6.16 Å². The van der Waals surface area contributed by atoms with Crippen molar-refractivity contribution in [1.82, 2.24) is 0 Å². The van der Waals surface area contributed by atoms with Crippen LogP contribution < -0.4 is 0 Å². The van der Waals surface area contributed by atoms with Crippen molar-refractivity contribution < 1.29 is 14.3 Å². The van der Waals surface area contributed by atoms with Crippen molar-refractivity contribution in [2.45, 2.75) is 26.2 Å². The van der Waals surface area contributed by atoms with E-state index in [1.54, 1.807) is 0 Å². The lowest BCUT2D eigenvalue weighted by Gasteiger charge is -2.00. The van der Waals surface area contributed by atoms with Crippen molar-refractivity contribution in [2.75, 3.05) is 7.11 Å². The molecule has 0 fully saturated rings. The summed E-state index contributed by atoms with van der Waals surface area (Å²) in [6, 6.07) is 0. The van der Waals surface area contributed by atoms with Gasteiger partial charge in [0.25, 0.3) is 0 Å². The van der Waals surface area contributed by atoms with Crippen molar-refractivity contribution in [3.8, 4) is 0 Å². The largest absolute Gasteiger partial charge is 0.513 e. The van der Waals surface area contributed by atoms with E-state index in [0.29, 0.717) is 5.92 Å². The molecule has 0 amide bonds. The fraction of sp³-hybridized carbons (Fsp3) is 0.667. The molecule has 0 radical (unpaired) electrons. The molecular weight excluding hydrogens is 156 g/mol. The van der Waals surface area contributed by atoms with Crippen LogP contribution in [0.4, 0.5) is 4.79 Å². The van der Waals surface area contributed by atoms with E-state index in [1.807, 2.05) is 6.08 Å². The Morgan fingerprint density at radius 2 is 2.50 bits per heavy atom. The summed E-state index contributed by atoms with van der Waals surface area (Å²) in [6.45, 7) is 2.13. The summed E-state index contributed by atoms with van der Waals surface area (Å²) in [5.41, 5.74) is 0. The quantitative estimate of drug-likeness (QED) is 0.597. The van der Waals surface area contributed by atoms with Crippen molar-refractivity contribution in [2.24, 2.45) is 5.92 Å². The molecule has 1 rings (SSSR count). The molecule has 68 valence electrons. The van der Waals surface area contributed by atoms with Gasteiger partial charge in [0.1, 0.15) is 5.76 Å². The van der Waals surface area contributed by atoms with Crippen LogP contribution in [0.25, 0.3) is 0 Å². The molecule has 0 aliphatic heterocycles. The van der Waals surface area contributed by atoms with E-state index in [9.17, 15) is 4.79 Å². The van der Waals surface area contributed by atoms with Crippen LogP contribution in [-0.4, -0.2) is 13.3 Å². The number of carbonyl (C=O) groups is 1. The number of hydrogen-bond acceptors (Lipinski definition) is 3. The smallest absolute Gasteiger partial charge is 0.437 e. The topological polar surface area (TPSA) is 35.5 Å². The lowest BCUT2D eigenvalue weighted by atomic mass is 10.1. The Hall–Kier alpha value is -0.990. The highest BCUT2D eigenvalue weighted by atomic mass is 16.7. The zero-order valence-corrected chi connectivity index (χ0v) is 7.50. The van der Waals surface area contributed by atoms with Crippen LogP contribution in [0, 0.1) is 5.92 Å². The Morgan fingerprint density at radius 3 is 3.00 bits per heavy atom. The van der Waals surface area contributed by atoms with Gasteiger partial charge in [-0.3, -0.25) is 0 Å². The number of hydrogen-bond donors (Lipinski definition) is 0. The molecule has 0 heterocycles. The lowest BCUT2D eigenvalue weighted by molar-refractivity contribution is 0.0957. The van der Waals surface area contributed by atoms with Gasteiger partial charge in [-0.25, -0.2) is 4.79 Å². The number of methoxy groups -OCH3 is 1. The third kappa shape index (κ3) is 2.26. The third-order valence-electron chi connectivity index (χ3n) is 2.09. The zero-order valence-electron chi connectivity index (χ0n) is 7.50. The molecule has 0 aromatic rings. The molecule has 0 spiro atoms. The summed E-state index contributed by atoms with van der Waals surface area (Å²) in [5.74, 6) is 1.33. The van der Waals surface area contributed by atoms with E-state index in [4.69, 9.17) is 4.74 Å². The summed E-state index contributed by atoms with van der Waals surface area (Å²) in [4.78, 5) is 10.7. The Balaban J connectivity index is 2.39. The van der Waals surface area contributed by atoms with Crippen LogP contribution in [0.3, 0.4) is 0 Å². The molecule has 12 heavy (non-hydrogen) atoms. The van der Waals surface area contributed by atoms with Gasteiger partial charge in [-0.15, -0.1) is 0 Å². The van der Waals surface area contributed by atoms with Gasteiger partial charge in [-0.1, -0.05) is 6.92 Å². The molecular formula is C9H14O3. The predicted octanol–water partition coefficient (Wildman–Crippen LogP) is 2.47. The van der Waals surface area contributed by atoms with E-state index in [-0.39, 0.29) is 0 Å². The van der Waals surface area contributed by atoms with Crippen LogP contribution in [0.1, 0.15) is 26.2 Å². The molecule has 1 unspecified atom stereocenters. The highest BCUT2D eigenvalue weighted by molar-refractivity contribution is 5.61. The maximum atomic E-state index is 10.7. The Bertz CT molecular complexity index is 196. The first-order chi connectivity index (χ1) is 5.76. The van der Waals surface area contributed by atoms with E-state index in [0.717, 1.165) is 25.0 Å². The van der Waals surface area contributed by atoms with Crippen LogP contribution in [0.5, 0.6) is 0 Å². The van der Waals surface area contributed by atoms with Crippen LogP contribution in [0.2, 0.25) is 0 Å². The molecule has 0 saturated heterocycles. The SMILES string of the molecule is CCC1C=C(OC(=O)OC)CC1. The Kier molecular flexibility index (Phi) is 3.14. The molecule has 1 aliphatic carbocycles. The van der Waals surface area contributed by atoms with E-state index in [1.165, 1.54) is 7.11 Å². The van der Waals surface area contributed by atoms with Gasteiger partial charge in [0.15, 0.2) is 0 Å². The Morgan fingerprint density at radius 1 is 1.75 bits per heavy atom. The average Bonchev–Trinajstić information content (AvgIpc) is 2.52. The molecule has 1 aliphatic rings. The minimum atomic E-state index is -0.613. The standard InChI is InChI=1S/C9H14O3/c1-3-7-4-5-8(6-7)12-9(10)11-2/h6-7H,3-5H2,1-2H3. The van der Waals surface area contributed by atoms with Gasteiger partial charge in [0.2, 0.25) is 0 Å². The number of ether oxygens (including phenoxy) is 2. The first kappa shape index (κ1) is 9.10. The maximum absolute atomic E-state index is 10.7. The summed E-state index contributed by atoms with van der Waals surface area (Å²) in [7, 11) is 1.31. The second-order valence-corrected chi connectivity index (χ2v) is 2.90. The lowest BCUT2D eigenvalue weighted by Crippen LogP contribution is -2.02. The van der Waals surface area contributed by atoms with Gasteiger partial charge in [-0.05, 0) is 24.8 Å². The third-order valence-corrected chi connectivity index (χ3v) is 2.09. The minimum Gasteiger partial charge on any atom is -0.437 e. The van der Waals surface area contributed by atoms with Crippen LogP contribution >= 0.6 is 0 Å². The molecule has 3 nitrogen and oxygen atoms in total. The van der Waals surface area contributed by atoms with Gasteiger partial charge in [0.05, 0.1) is 7.11 Å². The monoisotopic (exact) mass is 170 g/mol. The molecule has 1 atom stereocenters. The molecule has 0 aromatic heterocycles. The molecule has 0 N–H and O–H groups in total. The first-order valence-corrected chi connectivity index (χ1v) is 4.22. The summed E-state index contributed by atoms with van der Waals surface area (Å²) in [5, 5.41) is 0. The number of carbonyl (C=O) groups excluding carboxylic acids is 1. The normalized spacial score (nSPS) is 21.8. The predicted molar refractivity (Wildman–Crippen MR) is 44.6 cm³/mol. The van der Waals surface area contributed by atoms with E-state index in [2.05, 4.69) is 11.7 Å². The first-order valence-electron chi connectivity index (χ1n) is 4.22. The minimum absolute atomic E-state index is 0.574. The maximum Gasteiger partial charge on any atom is 0.513 e. The summed E-state index contributed by atoms with van der Waals surface area (Å²) < 4.78 is 9.27. The van der Waals surface area contributed by atoms with Gasteiger partial charge in [-0.2, -0.15) is 0 Å². The summed E-state index contributed by atoms with van der Waals surface area (Å²) >= 11 is 0. The van der Waals surface area contributed by atoms with Crippen LogP contribution in [0.15, 0.2) is 11.8 Å². The van der Waals surface area contributed by atoms with Crippen LogP contribution in [-0.2, 0) is 9.47 Å². The van der Waals surface area contributed by atoms with Gasteiger partial charge < -0.3 is 9.47 Å². The highest BCUT2D eigenvalue weighted by Gasteiger charge is 2.17. The summed E-state index contributed by atoms with van der Waals surface area (Å²) in [6.07, 6.45) is 4.44. The zero-order chi connectivity index (χ0) is 8.97. The molecule has 0 aromatic carbocycles. The Labute approximate surface area is 72.4 Å². The molecule has 0 bridgehead atoms. The number of allylic oxidation sites excluding steroid dienone is 2. The highest BCUT2D eigenvalue weighted by Crippen LogP contribution is 2.26. The molecule has 0 saturated carbocycles. The average molecular weight is 170 g/mol. The second-order valence-electron chi connectivity index (χ2n) is 2.90. The number of rotatable bonds is 2. The van der Waals surface area contributed by atoms with E-state index < -0.39 is 6.16 Å². The molecule has 3 heteroatoms. The van der Waals surface area contributed by atoms with Gasteiger partial charge in [0, 0.05) is 6.42 Å². The van der Waals surface area contributed by atoms with Crippen molar-refractivity contribution >= 4 is 6.16 Å². The fourth-order valence-corrected chi connectivity index (χ4v) is 1.31. The van der Waals surface area contributed by atoms with Crippen molar-refractivity contribution in [1.29, 1.82) is 0 Å². The fourth-order valence-electron chi connectivity index (χ4n) is 1.31.